The van der Waals surface area contributed by atoms with E-state index in [2.05, 4.69) is 11.6 Å². The van der Waals surface area contributed by atoms with Crippen LogP contribution in [0.1, 0.15) is 0 Å². The summed E-state index contributed by atoms with van der Waals surface area (Å²) in [6, 6.07) is 0. The number of carbonyl (C=O) groups excluding carboxylic acids is 2. The maximum atomic E-state index is 10.4. The van der Waals surface area contributed by atoms with Crippen molar-refractivity contribution in [3.8, 4) is 0 Å². The Bertz CT molecular complexity index is 171. The lowest BCUT2D eigenvalue weighted by atomic mass is 10.2. The molecule has 0 aliphatic rings. The van der Waals surface area contributed by atoms with E-state index in [1.54, 1.807) is 5.43 Å². The summed E-state index contributed by atoms with van der Waals surface area (Å²) in [6.07, 6.45) is -3.85. The molecule has 0 aliphatic heterocycles. The van der Waals surface area contributed by atoms with Crippen LogP contribution in [0.4, 0.5) is 0 Å². The van der Waals surface area contributed by atoms with Gasteiger partial charge in [-0.3, -0.25) is 15.0 Å². The molecule has 0 saturated carbocycles. The summed E-state index contributed by atoms with van der Waals surface area (Å²) in [6.45, 7) is 0. The van der Waals surface area contributed by atoms with Gasteiger partial charge in [0.1, 0.15) is 0 Å². The van der Waals surface area contributed by atoms with Crippen LogP contribution in [0, 0.1) is 0 Å². The number of nitrogens with two attached hydrogens (primary N) is 2. The third kappa shape index (κ3) is 2.50. The van der Waals surface area contributed by atoms with Gasteiger partial charge in [-0.05, 0) is 0 Å². The average Bonchev–Trinajstić information content (AvgIpc) is 2.00. The second-order valence-corrected chi connectivity index (χ2v) is 1.80. The summed E-state index contributed by atoms with van der Waals surface area (Å²) in [5.41, 5.74) is 6.10. The van der Waals surface area contributed by atoms with Gasteiger partial charge in [-0.2, -0.15) is 0 Å². The summed E-state index contributed by atoms with van der Waals surface area (Å²) < 4.78 is 0. The monoisotopic (exact) mass is 163 g/mol. The van der Waals surface area contributed by atoms with Crippen LogP contribution >= 0.6 is 0 Å². The maximum absolute atomic E-state index is 10.4. The first kappa shape index (κ1) is 9.82. The van der Waals surface area contributed by atoms with Gasteiger partial charge in [0.05, 0.1) is 0 Å². The van der Waals surface area contributed by atoms with E-state index < -0.39 is 24.0 Å². The number of primary amides is 1. The summed E-state index contributed by atoms with van der Waals surface area (Å²) in [7, 11) is 0. The normalized spacial score (nSPS) is 15.2. The third-order valence-electron chi connectivity index (χ3n) is 1.00. The molecule has 0 saturated heterocycles. The molecular weight excluding hydrogens is 154 g/mol. The van der Waals surface area contributed by atoms with Crippen molar-refractivity contribution >= 4 is 11.8 Å². The molecule has 0 heterocycles. The number of hydrogen-bond donors (Lipinski definition) is 5. The highest BCUT2D eigenvalue weighted by Gasteiger charge is 2.27. The number of amides is 2. The fourth-order valence-electron chi connectivity index (χ4n) is 0.384. The fourth-order valence-corrected chi connectivity index (χ4v) is 0.384. The Morgan fingerprint density at radius 1 is 1.27 bits per heavy atom. The van der Waals surface area contributed by atoms with Crippen molar-refractivity contribution in [3.63, 3.8) is 0 Å². The molecule has 0 aromatic carbocycles. The molecule has 0 rings (SSSR count). The molecule has 0 fully saturated rings. The van der Waals surface area contributed by atoms with Crippen LogP contribution in [-0.4, -0.2) is 34.2 Å². The zero-order valence-electron chi connectivity index (χ0n) is 5.52. The minimum atomic E-state index is -1.93. The average molecular weight is 163 g/mol. The zero-order chi connectivity index (χ0) is 9.02. The standard InChI is InChI=1S/C4H9N3O4/c5-3(10)1(8)2(9)4(11)7-6/h1-2,8-9H,6H2,(H2,5,10)(H,7,11)/t1-,2-/m0/s1. The number of carbonyl (C=O) groups is 2. The van der Waals surface area contributed by atoms with Gasteiger partial charge in [-0.1, -0.05) is 0 Å². The molecule has 2 amide bonds. The molecule has 64 valence electrons. The van der Waals surface area contributed by atoms with Crippen molar-refractivity contribution in [3.05, 3.63) is 0 Å². The molecule has 0 unspecified atom stereocenters. The quantitative estimate of drug-likeness (QED) is 0.165. The van der Waals surface area contributed by atoms with Crippen LogP contribution in [0.5, 0.6) is 0 Å². The molecule has 7 nitrogen and oxygen atoms in total. The van der Waals surface area contributed by atoms with Crippen LogP contribution in [0.3, 0.4) is 0 Å². The number of aliphatic hydroxyl groups excluding tert-OH is 2. The second-order valence-electron chi connectivity index (χ2n) is 1.80. The van der Waals surface area contributed by atoms with Crippen LogP contribution in [0.2, 0.25) is 0 Å². The Morgan fingerprint density at radius 3 is 2.00 bits per heavy atom. The van der Waals surface area contributed by atoms with E-state index in [0.29, 0.717) is 0 Å². The van der Waals surface area contributed by atoms with Crippen molar-refractivity contribution in [1.29, 1.82) is 0 Å². The molecule has 0 bridgehead atoms. The van der Waals surface area contributed by atoms with Gasteiger partial charge in [-0.25, -0.2) is 5.84 Å². The number of aliphatic hydroxyl groups is 2. The summed E-state index contributed by atoms with van der Waals surface area (Å²) in [4.78, 5) is 20.6. The van der Waals surface area contributed by atoms with Gasteiger partial charge in [0.2, 0.25) is 5.91 Å². The lowest BCUT2D eigenvalue weighted by Gasteiger charge is -2.11. The first-order valence-electron chi connectivity index (χ1n) is 2.66. The molecule has 11 heavy (non-hydrogen) atoms. The predicted octanol–water partition coefficient (Wildman–Crippen LogP) is -3.82. The third-order valence-corrected chi connectivity index (χ3v) is 1.00. The summed E-state index contributed by atoms with van der Waals surface area (Å²) in [5.74, 6) is 2.32. The Kier molecular flexibility index (Phi) is 3.45. The molecule has 0 spiro atoms. The zero-order valence-corrected chi connectivity index (χ0v) is 5.52. The first-order chi connectivity index (χ1) is 5.00. The number of hydrazine groups is 1. The smallest absolute Gasteiger partial charge is 0.265 e. The van der Waals surface area contributed by atoms with E-state index in [-0.39, 0.29) is 0 Å². The van der Waals surface area contributed by atoms with Crippen molar-refractivity contribution < 1.29 is 19.8 Å². The lowest BCUT2D eigenvalue weighted by molar-refractivity contribution is -0.144. The van der Waals surface area contributed by atoms with E-state index >= 15 is 0 Å². The largest absolute Gasteiger partial charge is 0.380 e. The number of rotatable bonds is 3. The van der Waals surface area contributed by atoms with Crippen molar-refractivity contribution in [2.75, 3.05) is 0 Å². The van der Waals surface area contributed by atoms with E-state index in [4.69, 9.17) is 10.2 Å². The highest BCUT2D eigenvalue weighted by Crippen LogP contribution is 1.91. The maximum Gasteiger partial charge on any atom is 0.265 e. The van der Waals surface area contributed by atoms with E-state index in [0.717, 1.165) is 0 Å². The van der Waals surface area contributed by atoms with Gasteiger partial charge >= 0.3 is 0 Å². The van der Waals surface area contributed by atoms with Crippen LogP contribution < -0.4 is 17.0 Å². The topological polar surface area (TPSA) is 139 Å². The summed E-state index contributed by atoms with van der Waals surface area (Å²) in [5, 5.41) is 17.4. The van der Waals surface area contributed by atoms with Crippen LogP contribution in [0.25, 0.3) is 0 Å². The van der Waals surface area contributed by atoms with E-state index in [1.807, 2.05) is 0 Å². The Morgan fingerprint density at radius 2 is 1.73 bits per heavy atom. The van der Waals surface area contributed by atoms with Crippen molar-refractivity contribution in [2.45, 2.75) is 12.2 Å². The Balaban J connectivity index is 4.12. The van der Waals surface area contributed by atoms with Crippen molar-refractivity contribution in [2.24, 2.45) is 11.6 Å². The minimum Gasteiger partial charge on any atom is -0.380 e. The number of nitrogens with one attached hydrogen (secondary N) is 1. The molecular formula is C4H9N3O4. The molecule has 0 aromatic heterocycles. The van der Waals surface area contributed by atoms with Gasteiger partial charge in [-0.15, -0.1) is 0 Å². The minimum absolute atomic E-state index is 1.07. The first-order valence-corrected chi connectivity index (χ1v) is 2.66. The van der Waals surface area contributed by atoms with Crippen LogP contribution in [-0.2, 0) is 9.59 Å². The van der Waals surface area contributed by atoms with Gasteiger partial charge in [0.25, 0.3) is 5.91 Å². The summed E-state index contributed by atoms with van der Waals surface area (Å²) >= 11 is 0. The highest BCUT2D eigenvalue weighted by molar-refractivity contribution is 5.89. The highest BCUT2D eigenvalue weighted by atomic mass is 16.3. The Hall–Kier alpha value is -1.18. The predicted molar refractivity (Wildman–Crippen MR) is 33.5 cm³/mol. The molecule has 2 atom stereocenters. The molecule has 7 heteroatoms. The molecule has 0 radical (unpaired) electrons. The Labute approximate surface area is 61.9 Å². The second kappa shape index (κ2) is 3.86. The molecule has 0 aliphatic carbocycles. The lowest BCUT2D eigenvalue weighted by Crippen LogP contribution is -2.49. The van der Waals surface area contributed by atoms with Gasteiger partial charge in [0.15, 0.2) is 12.2 Å². The number of hydrogen-bond acceptors (Lipinski definition) is 5. The molecule has 7 N–H and O–H groups in total. The molecule has 0 aromatic rings. The van der Waals surface area contributed by atoms with E-state index in [1.165, 1.54) is 0 Å². The fraction of sp³-hybridized carbons (Fsp3) is 0.500. The van der Waals surface area contributed by atoms with E-state index in [9.17, 15) is 9.59 Å². The van der Waals surface area contributed by atoms with Gasteiger partial charge < -0.3 is 15.9 Å². The van der Waals surface area contributed by atoms with Gasteiger partial charge in [0, 0.05) is 0 Å². The van der Waals surface area contributed by atoms with Crippen molar-refractivity contribution in [1.82, 2.24) is 5.43 Å². The SMILES string of the molecule is NNC(=O)[C@@H](O)[C@H](O)C(N)=O. The van der Waals surface area contributed by atoms with Crippen LogP contribution in [0.15, 0.2) is 0 Å².